The summed E-state index contributed by atoms with van der Waals surface area (Å²) in [6, 6.07) is 5.34. The number of nitrogens with one attached hydrogen (secondary N) is 1. The number of anilines is 1. The maximum atomic E-state index is 13.2. The lowest BCUT2D eigenvalue weighted by Crippen LogP contribution is -2.16. The third-order valence-corrected chi connectivity index (χ3v) is 5.56. The highest BCUT2D eigenvalue weighted by Crippen LogP contribution is 2.35. The fourth-order valence-corrected chi connectivity index (χ4v) is 3.83. The summed E-state index contributed by atoms with van der Waals surface area (Å²) in [5.41, 5.74) is 0.997. The quantitative estimate of drug-likeness (QED) is 0.641. The molecule has 1 saturated heterocycles. The number of imidazole rings is 1. The molecule has 9 heteroatoms. The lowest BCUT2D eigenvalue weighted by Gasteiger charge is -2.19. The number of halogens is 3. The first kappa shape index (κ1) is 21.2. The topological polar surface area (TPSA) is 64.9 Å². The van der Waals surface area contributed by atoms with Gasteiger partial charge in [0.2, 0.25) is 0 Å². The minimum atomic E-state index is -4.50. The maximum absolute atomic E-state index is 13.2. The van der Waals surface area contributed by atoms with Gasteiger partial charge in [0.1, 0.15) is 11.4 Å². The number of rotatable bonds is 4. The second-order valence-electron chi connectivity index (χ2n) is 7.50. The smallest absolute Gasteiger partial charge is 0.416 e. The van der Waals surface area contributed by atoms with E-state index in [2.05, 4.69) is 10.3 Å². The molecule has 1 fully saturated rings. The van der Waals surface area contributed by atoms with Crippen LogP contribution < -0.4 is 10.1 Å². The monoisotopic (exact) mass is 433 g/mol. The van der Waals surface area contributed by atoms with E-state index in [1.165, 1.54) is 26.2 Å². The summed E-state index contributed by atoms with van der Waals surface area (Å²) in [5, 5.41) is 2.58. The fraction of sp³-hybridized carbons (Fsp3) is 0.364. The van der Waals surface area contributed by atoms with Crippen molar-refractivity contribution in [2.24, 2.45) is 0 Å². The number of methoxy groups -OCH3 is 1. The molecule has 0 aliphatic carbocycles. The number of pyridine rings is 1. The standard InChI is InChI=1S/C22H22F3N3O3/c1-13-16(22(23,24)25)4-3-5-17(13)27-21(29)15-11-28-12-18(14-6-8-31-9-7-14)26-20(28)10-19(15)30-2/h3-5,10-12,14H,6-9H2,1-2H3,(H,27,29). The van der Waals surface area contributed by atoms with E-state index in [4.69, 9.17) is 9.47 Å². The van der Waals surface area contributed by atoms with Gasteiger partial charge in [-0.1, -0.05) is 6.07 Å². The van der Waals surface area contributed by atoms with Gasteiger partial charge in [0.05, 0.1) is 23.9 Å². The molecule has 3 aromatic rings. The lowest BCUT2D eigenvalue weighted by molar-refractivity contribution is -0.138. The largest absolute Gasteiger partial charge is 0.496 e. The highest BCUT2D eigenvalue weighted by atomic mass is 19.4. The Morgan fingerprint density at radius 3 is 2.68 bits per heavy atom. The molecular formula is C22H22F3N3O3. The summed E-state index contributed by atoms with van der Waals surface area (Å²) < 4.78 is 52.1. The highest BCUT2D eigenvalue weighted by molar-refractivity contribution is 6.06. The molecule has 3 heterocycles. The Kier molecular flexibility index (Phi) is 5.62. The van der Waals surface area contributed by atoms with Crippen LogP contribution in [0.5, 0.6) is 5.75 Å². The van der Waals surface area contributed by atoms with Crippen molar-refractivity contribution in [2.45, 2.75) is 31.9 Å². The van der Waals surface area contributed by atoms with Crippen LogP contribution in [0.3, 0.4) is 0 Å². The highest BCUT2D eigenvalue weighted by Gasteiger charge is 2.33. The molecule has 1 N–H and O–H groups in total. The van der Waals surface area contributed by atoms with E-state index >= 15 is 0 Å². The second kappa shape index (κ2) is 8.22. The molecule has 0 bridgehead atoms. The van der Waals surface area contributed by atoms with Gasteiger partial charge in [0.15, 0.2) is 0 Å². The van der Waals surface area contributed by atoms with Crippen LogP contribution >= 0.6 is 0 Å². The van der Waals surface area contributed by atoms with E-state index < -0.39 is 17.6 Å². The number of amides is 1. The van der Waals surface area contributed by atoms with Gasteiger partial charge < -0.3 is 19.2 Å². The predicted molar refractivity (Wildman–Crippen MR) is 109 cm³/mol. The van der Waals surface area contributed by atoms with Gasteiger partial charge in [-0.15, -0.1) is 0 Å². The molecule has 2 aromatic heterocycles. The lowest BCUT2D eigenvalue weighted by atomic mass is 9.97. The minimum absolute atomic E-state index is 0.0483. The van der Waals surface area contributed by atoms with Crippen molar-refractivity contribution in [2.75, 3.05) is 25.6 Å². The third kappa shape index (κ3) is 4.23. The van der Waals surface area contributed by atoms with E-state index in [1.54, 1.807) is 16.7 Å². The molecule has 4 rings (SSSR count). The van der Waals surface area contributed by atoms with Crippen LogP contribution in [0.25, 0.3) is 5.65 Å². The Morgan fingerprint density at radius 1 is 1.26 bits per heavy atom. The third-order valence-electron chi connectivity index (χ3n) is 5.56. The Balaban J connectivity index is 1.66. The number of carbonyl (C=O) groups is 1. The van der Waals surface area contributed by atoms with Crippen LogP contribution in [-0.4, -0.2) is 35.6 Å². The van der Waals surface area contributed by atoms with Gasteiger partial charge in [-0.3, -0.25) is 4.79 Å². The first-order valence-electron chi connectivity index (χ1n) is 9.90. The number of hydrogen-bond donors (Lipinski definition) is 1. The van der Waals surface area contributed by atoms with Crippen molar-refractivity contribution in [3.8, 4) is 5.75 Å². The molecule has 0 spiro atoms. The SMILES string of the molecule is COc1cc2nc(C3CCOCC3)cn2cc1C(=O)Nc1cccc(C(F)(F)F)c1C. The Labute approximate surface area is 177 Å². The summed E-state index contributed by atoms with van der Waals surface area (Å²) in [4.78, 5) is 17.6. The van der Waals surface area contributed by atoms with Gasteiger partial charge in [0.25, 0.3) is 5.91 Å². The molecule has 1 aromatic carbocycles. The molecule has 0 radical (unpaired) electrons. The molecule has 164 valence electrons. The fourth-order valence-electron chi connectivity index (χ4n) is 3.83. The van der Waals surface area contributed by atoms with Gasteiger partial charge in [0, 0.05) is 43.3 Å². The van der Waals surface area contributed by atoms with Gasteiger partial charge in [-0.2, -0.15) is 13.2 Å². The van der Waals surface area contributed by atoms with Crippen LogP contribution in [0.15, 0.2) is 36.7 Å². The molecule has 1 aliphatic rings. The Hall–Kier alpha value is -3.07. The predicted octanol–water partition coefficient (Wildman–Crippen LogP) is 4.82. The van der Waals surface area contributed by atoms with Gasteiger partial charge >= 0.3 is 6.18 Å². The second-order valence-corrected chi connectivity index (χ2v) is 7.50. The Morgan fingerprint density at radius 2 is 2.00 bits per heavy atom. The summed E-state index contributed by atoms with van der Waals surface area (Å²) >= 11 is 0. The van der Waals surface area contributed by atoms with Gasteiger partial charge in [-0.25, -0.2) is 4.98 Å². The van der Waals surface area contributed by atoms with Crippen LogP contribution in [0.2, 0.25) is 0 Å². The first-order valence-corrected chi connectivity index (χ1v) is 9.90. The molecule has 0 atom stereocenters. The normalized spacial score (nSPS) is 15.3. The zero-order chi connectivity index (χ0) is 22.2. The van der Waals surface area contributed by atoms with Crippen LogP contribution in [-0.2, 0) is 10.9 Å². The summed E-state index contributed by atoms with van der Waals surface area (Å²) in [6.45, 7) is 2.70. The van der Waals surface area contributed by atoms with Crippen LogP contribution in [0, 0.1) is 6.92 Å². The zero-order valence-electron chi connectivity index (χ0n) is 17.1. The number of carbonyl (C=O) groups excluding carboxylic acids is 1. The van der Waals surface area contributed by atoms with E-state index in [9.17, 15) is 18.0 Å². The number of aromatic nitrogens is 2. The minimum Gasteiger partial charge on any atom is -0.496 e. The number of hydrogen-bond acceptors (Lipinski definition) is 4. The summed E-state index contributed by atoms with van der Waals surface area (Å²) in [6.07, 6.45) is 0.713. The average molecular weight is 433 g/mol. The van der Waals surface area contributed by atoms with E-state index in [0.29, 0.717) is 24.6 Å². The van der Waals surface area contributed by atoms with Crippen molar-refractivity contribution in [1.29, 1.82) is 0 Å². The van der Waals surface area contributed by atoms with Crippen LogP contribution in [0.4, 0.5) is 18.9 Å². The van der Waals surface area contributed by atoms with E-state index in [0.717, 1.165) is 24.6 Å². The number of benzene rings is 1. The van der Waals surface area contributed by atoms with Crippen molar-refractivity contribution >= 4 is 17.2 Å². The van der Waals surface area contributed by atoms with Gasteiger partial charge in [-0.05, 0) is 37.5 Å². The molecule has 1 amide bonds. The van der Waals surface area contributed by atoms with Crippen LogP contribution in [0.1, 0.15) is 45.9 Å². The van der Waals surface area contributed by atoms with Crippen molar-refractivity contribution in [1.82, 2.24) is 9.38 Å². The molecule has 0 unspecified atom stereocenters. The summed E-state index contributed by atoms with van der Waals surface area (Å²) in [5.74, 6) is 0.00549. The molecular weight excluding hydrogens is 411 g/mol. The van der Waals surface area contributed by atoms with Crippen molar-refractivity contribution in [3.63, 3.8) is 0 Å². The molecule has 1 aliphatic heterocycles. The number of fused-ring (bicyclic) bond motifs is 1. The zero-order valence-corrected chi connectivity index (χ0v) is 17.1. The average Bonchev–Trinajstić information content (AvgIpc) is 3.17. The van der Waals surface area contributed by atoms with E-state index in [1.807, 2.05) is 6.20 Å². The Bertz CT molecular complexity index is 1120. The van der Waals surface area contributed by atoms with Crippen molar-refractivity contribution in [3.05, 3.63) is 59.0 Å². The number of alkyl halides is 3. The summed E-state index contributed by atoms with van der Waals surface area (Å²) in [7, 11) is 1.43. The first-order chi connectivity index (χ1) is 14.8. The van der Waals surface area contributed by atoms with E-state index in [-0.39, 0.29) is 22.7 Å². The van der Waals surface area contributed by atoms with Crippen molar-refractivity contribution < 1.29 is 27.4 Å². The number of ether oxygens (including phenoxy) is 2. The molecule has 31 heavy (non-hydrogen) atoms. The maximum Gasteiger partial charge on any atom is 0.416 e. The number of nitrogens with zero attached hydrogens (tertiary/aromatic N) is 2. The molecule has 0 saturated carbocycles. The molecule has 6 nitrogen and oxygen atoms in total.